The van der Waals surface area contributed by atoms with Gasteiger partial charge in [-0.1, -0.05) is 102 Å². The standard InChI is InChI=1S/C62H48N6/c1-59(2,3)61(55-13-9-7-11-51(55)53-33-31-49(35-57(53)61)67(45-23-15-41(37-63)16-24-45)46-25-17-42(38-64)18-26-46)62(60(4,5)6)56-14-10-8-12-52(56)54-34-32-50(36-58(54)62)68(47-27-19-43(39-65)20-28-47)48-29-21-44(40-66)22-30-48/h7-36H,1-6H3. The summed E-state index contributed by atoms with van der Waals surface area (Å²) in [5, 5.41) is 39.2. The van der Waals surface area contributed by atoms with Crippen LogP contribution in [0.15, 0.2) is 182 Å². The lowest BCUT2D eigenvalue weighted by Crippen LogP contribution is -2.62. The van der Waals surface area contributed by atoms with E-state index in [2.05, 4.69) is 161 Å². The molecule has 0 amide bonds. The molecule has 2 atom stereocenters. The average Bonchev–Trinajstić information content (AvgIpc) is 3.83. The Labute approximate surface area is 399 Å². The van der Waals surface area contributed by atoms with Crippen molar-refractivity contribution < 1.29 is 0 Å². The summed E-state index contributed by atoms with van der Waals surface area (Å²) >= 11 is 0. The fourth-order valence-electron chi connectivity index (χ4n) is 12.0. The van der Waals surface area contributed by atoms with E-state index < -0.39 is 21.7 Å². The van der Waals surface area contributed by atoms with E-state index in [9.17, 15) is 21.0 Å². The minimum absolute atomic E-state index is 0.432. The molecular weight excluding hydrogens is 829 g/mol. The van der Waals surface area contributed by atoms with Gasteiger partial charge in [-0.15, -0.1) is 0 Å². The minimum Gasteiger partial charge on any atom is -0.310 e. The van der Waals surface area contributed by atoms with Gasteiger partial charge in [-0.05, 0) is 177 Å². The summed E-state index contributed by atoms with van der Waals surface area (Å²) < 4.78 is 0. The summed E-state index contributed by atoms with van der Waals surface area (Å²) in [6, 6.07) is 71.7. The first-order chi connectivity index (χ1) is 32.8. The van der Waals surface area contributed by atoms with Crippen LogP contribution in [0.4, 0.5) is 34.1 Å². The highest BCUT2D eigenvalue weighted by atomic mass is 15.1. The van der Waals surface area contributed by atoms with Crippen molar-refractivity contribution in [3.8, 4) is 46.5 Å². The SMILES string of the molecule is CC(C)(C)C1(C2(C(C)(C)C)c3ccccc3-c3ccc(N(c4ccc(C#N)cc4)c4ccc(C#N)cc4)cc32)c2ccccc2-c2ccc(N(c3ccc(C#N)cc3)c3ccc(C#N)cc3)cc21. The zero-order valence-corrected chi connectivity index (χ0v) is 39.0. The third kappa shape index (κ3) is 6.27. The van der Waals surface area contributed by atoms with Gasteiger partial charge < -0.3 is 9.80 Å². The molecule has 0 bridgehead atoms. The number of anilines is 6. The van der Waals surface area contributed by atoms with Gasteiger partial charge in [0, 0.05) is 45.0 Å². The Morgan fingerprint density at radius 1 is 0.309 bits per heavy atom. The first-order valence-corrected chi connectivity index (χ1v) is 22.9. The maximum absolute atomic E-state index is 9.80. The van der Waals surface area contributed by atoms with Crippen LogP contribution in [0.1, 0.15) is 86.1 Å². The topological polar surface area (TPSA) is 102 Å². The zero-order chi connectivity index (χ0) is 47.6. The normalized spacial score (nSPS) is 16.4. The molecular formula is C62H48N6. The van der Waals surface area contributed by atoms with E-state index in [-0.39, 0.29) is 0 Å². The maximum atomic E-state index is 9.80. The molecule has 8 aromatic rings. The van der Waals surface area contributed by atoms with Crippen LogP contribution in [-0.4, -0.2) is 0 Å². The van der Waals surface area contributed by atoms with Crippen LogP contribution in [-0.2, 0) is 10.8 Å². The van der Waals surface area contributed by atoms with E-state index in [1.807, 2.05) is 97.1 Å². The van der Waals surface area contributed by atoms with Crippen LogP contribution in [0, 0.1) is 56.2 Å². The van der Waals surface area contributed by atoms with Crippen LogP contribution in [0.25, 0.3) is 22.3 Å². The van der Waals surface area contributed by atoms with Crippen LogP contribution in [0.2, 0.25) is 0 Å². The molecule has 326 valence electrons. The summed E-state index contributed by atoms with van der Waals surface area (Å²) in [6.07, 6.45) is 0. The Kier molecular flexibility index (Phi) is 10.2. The van der Waals surface area contributed by atoms with Crippen LogP contribution in [0.3, 0.4) is 0 Å². The van der Waals surface area contributed by atoms with Gasteiger partial charge in [0.05, 0.1) is 46.5 Å². The highest BCUT2D eigenvalue weighted by Gasteiger charge is 2.70. The summed E-state index contributed by atoms with van der Waals surface area (Å²) in [4.78, 5) is 4.45. The number of hydrogen-bond donors (Lipinski definition) is 0. The first-order valence-electron chi connectivity index (χ1n) is 22.9. The van der Waals surface area contributed by atoms with Gasteiger partial charge >= 0.3 is 0 Å². The van der Waals surface area contributed by atoms with Crippen LogP contribution in [0.5, 0.6) is 0 Å². The fraction of sp³-hybridized carbons (Fsp3) is 0.161. The van der Waals surface area contributed by atoms with Gasteiger partial charge in [0.1, 0.15) is 0 Å². The molecule has 0 fully saturated rings. The Morgan fingerprint density at radius 3 is 0.824 bits per heavy atom. The predicted molar refractivity (Wildman–Crippen MR) is 272 cm³/mol. The molecule has 2 unspecified atom stereocenters. The van der Waals surface area contributed by atoms with Gasteiger partial charge in [-0.2, -0.15) is 21.0 Å². The second-order valence-electron chi connectivity index (χ2n) is 19.9. The van der Waals surface area contributed by atoms with E-state index in [1.165, 1.54) is 44.5 Å². The highest BCUT2D eigenvalue weighted by molar-refractivity contribution is 5.93. The van der Waals surface area contributed by atoms with Crippen molar-refractivity contribution in [2.75, 3.05) is 9.80 Å². The Bertz CT molecular complexity index is 3110. The largest absolute Gasteiger partial charge is 0.310 e. The van der Waals surface area contributed by atoms with Gasteiger partial charge in [0.2, 0.25) is 0 Å². The van der Waals surface area contributed by atoms with Crippen LogP contribution >= 0.6 is 0 Å². The Balaban J connectivity index is 1.31. The molecule has 2 aliphatic rings. The van der Waals surface area contributed by atoms with Gasteiger partial charge in [0.15, 0.2) is 0 Å². The van der Waals surface area contributed by atoms with Gasteiger partial charge in [0.25, 0.3) is 0 Å². The number of fused-ring (bicyclic) bond motifs is 6. The highest BCUT2D eigenvalue weighted by Crippen LogP contribution is 2.75. The third-order valence-electron chi connectivity index (χ3n) is 14.4. The lowest BCUT2D eigenvalue weighted by molar-refractivity contribution is 0.0594. The summed E-state index contributed by atoms with van der Waals surface area (Å²) in [7, 11) is 0. The van der Waals surface area contributed by atoms with Crippen molar-refractivity contribution in [2.45, 2.75) is 52.4 Å². The van der Waals surface area contributed by atoms with Crippen molar-refractivity contribution in [2.24, 2.45) is 10.8 Å². The number of nitriles is 4. The first kappa shape index (κ1) is 43.2. The second kappa shape index (κ2) is 16.0. The van der Waals surface area contributed by atoms with Crippen molar-refractivity contribution in [3.63, 3.8) is 0 Å². The molecule has 10 rings (SSSR count). The molecule has 6 nitrogen and oxygen atoms in total. The molecule has 2 aliphatic carbocycles. The third-order valence-corrected chi connectivity index (χ3v) is 14.4. The smallest absolute Gasteiger partial charge is 0.0991 e. The molecule has 68 heavy (non-hydrogen) atoms. The van der Waals surface area contributed by atoms with Crippen molar-refractivity contribution in [1.29, 1.82) is 21.0 Å². The summed E-state index contributed by atoms with van der Waals surface area (Å²) in [5.74, 6) is 0. The Hall–Kier alpha value is -8.68. The lowest BCUT2D eigenvalue weighted by atomic mass is 9.39. The lowest BCUT2D eigenvalue weighted by Gasteiger charge is -2.62. The second-order valence-corrected chi connectivity index (χ2v) is 19.9. The van der Waals surface area contributed by atoms with E-state index >= 15 is 0 Å². The fourth-order valence-corrected chi connectivity index (χ4v) is 12.0. The van der Waals surface area contributed by atoms with Gasteiger partial charge in [-0.25, -0.2) is 0 Å². The van der Waals surface area contributed by atoms with E-state index in [0.717, 1.165) is 34.1 Å². The molecule has 6 heteroatoms. The van der Waals surface area contributed by atoms with Crippen molar-refractivity contribution in [3.05, 3.63) is 226 Å². The van der Waals surface area contributed by atoms with Crippen molar-refractivity contribution >= 4 is 34.1 Å². The number of rotatable bonds is 7. The number of benzene rings is 8. The van der Waals surface area contributed by atoms with Crippen molar-refractivity contribution in [1.82, 2.24) is 0 Å². The zero-order valence-electron chi connectivity index (χ0n) is 39.0. The minimum atomic E-state index is -0.713. The Morgan fingerprint density at radius 2 is 0.559 bits per heavy atom. The molecule has 8 aromatic carbocycles. The molecule has 0 saturated carbocycles. The summed E-state index contributed by atoms with van der Waals surface area (Å²) in [5.41, 5.74) is 15.2. The van der Waals surface area contributed by atoms with Crippen LogP contribution < -0.4 is 9.80 Å². The monoisotopic (exact) mass is 876 g/mol. The van der Waals surface area contributed by atoms with E-state index in [4.69, 9.17) is 0 Å². The van der Waals surface area contributed by atoms with Gasteiger partial charge in [-0.3, -0.25) is 0 Å². The molecule has 0 aliphatic heterocycles. The molecule has 0 radical (unpaired) electrons. The number of hydrogen-bond acceptors (Lipinski definition) is 6. The molecule has 0 spiro atoms. The predicted octanol–water partition coefficient (Wildman–Crippen LogP) is 15.4. The molecule has 0 saturated heterocycles. The molecule has 0 N–H and O–H groups in total. The number of nitrogens with zero attached hydrogens (tertiary/aromatic N) is 6. The summed E-state index contributed by atoms with van der Waals surface area (Å²) in [6.45, 7) is 14.4. The van der Waals surface area contributed by atoms with E-state index in [0.29, 0.717) is 22.3 Å². The maximum Gasteiger partial charge on any atom is 0.0991 e. The molecule has 0 heterocycles. The molecule has 0 aromatic heterocycles. The van der Waals surface area contributed by atoms with E-state index in [1.54, 1.807) is 0 Å². The quantitative estimate of drug-likeness (QED) is 0.158. The average molecular weight is 877 g/mol.